The molecule has 1 heterocycles. The van der Waals surface area contributed by atoms with Crippen molar-refractivity contribution in [3.63, 3.8) is 0 Å². The Labute approximate surface area is 172 Å². The summed E-state index contributed by atoms with van der Waals surface area (Å²) in [6.45, 7) is 8.82. The van der Waals surface area contributed by atoms with E-state index in [4.69, 9.17) is 4.74 Å². The van der Waals surface area contributed by atoms with E-state index >= 15 is 0 Å². The van der Waals surface area contributed by atoms with Gasteiger partial charge in [0, 0.05) is 12.8 Å². The van der Waals surface area contributed by atoms with Crippen LogP contribution in [0.4, 0.5) is 5.69 Å². The lowest BCUT2D eigenvalue weighted by Gasteiger charge is -2.14. The van der Waals surface area contributed by atoms with Gasteiger partial charge < -0.3 is 10.1 Å². The normalized spacial score (nSPS) is 14.3. The number of nitrogens with one attached hydrogen (secondary N) is 1. The third-order valence-electron chi connectivity index (χ3n) is 5.33. The first-order valence-electron chi connectivity index (χ1n) is 9.87. The number of ether oxygens (including phenoxy) is 1. The number of anilines is 1. The molecule has 0 saturated heterocycles. The fourth-order valence-electron chi connectivity index (χ4n) is 3.34. The van der Waals surface area contributed by atoms with E-state index in [1.54, 1.807) is 7.11 Å². The Balaban J connectivity index is 2.02. The molecular weight excluding hydrogens is 364 g/mol. The van der Waals surface area contributed by atoms with Crippen LogP contribution in [0.2, 0.25) is 0 Å². The molecular formula is C24H28N2O3. The summed E-state index contributed by atoms with van der Waals surface area (Å²) >= 11 is 0. The molecule has 0 radical (unpaired) electrons. The largest absolute Gasteiger partial charge is 0.383 e. The SMILES string of the molecule is COCCN1C(=O)C(Nc2ccc(C(C)C)cc2)=C(c2ccc(C)c(C)c2)C1=O. The molecule has 2 aromatic rings. The second kappa shape index (κ2) is 8.62. The number of hydrogen-bond donors (Lipinski definition) is 1. The molecule has 1 aliphatic rings. The van der Waals surface area contributed by atoms with E-state index in [1.165, 1.54) is 10.5 Å². The maximum absolute atomic E-state index is 13.1. The first kappa shape index (κ1) is 20.8. The van der Waals surface area contributed by atoms with Gasteiger partial charge in [-0.15, -0.1) is 0 Å². The van der Waals surface area contributed by atoms with Gasteiger partial charge in [-0.3, -0.25) is 14.5 Å². The topological polar surface area (TPSA) is 58.6 Å². The number of aryl methyl sites for hydroxylation is 2. The Morgan fingerprint density at radius 2 is 1.66 bits per heavy atom. The van der Waals surface area contributed by atoms with Crippen LogP contribution in [0.25, 0.3) is 5.57 Å². The summed E-state index contributed by atoms with van der Waals surface area (Å²) in [5.74, 6) is -0.196. The average Bonchev–Trinajstić information content (AvgIpc) is 2.92. The third kappa shape index (κ3) is 4.25. The molecule has 0 bridgehead atoms. The van der Waals surface area contributed by atoms with Crippen LogP contribution in [-0.2, 0) is 14.3 Å². The molecule has 0 saturated carbocycles. The number of nitrogens with zero attached hydrogens (tertiary/aromatic N) is 1. The van der Waals surface area contributed by atoms with E-state index in [1.807, 2.05) is 56.3 Å². The summed E-state index contributed by atoms with van der Waals surface area (Å²) in [5.41, 5.74) is 5.67. The van der Waals surface area contributed by atoms with E-state index in [0.717, 1.165) is 22.4 Å². The highest BCUT2D eigenvalue weighted by Gasteiger charge is 2.39. The lowest BCUT2D eigenvalue weighted by Crippen LogP contribution is -2.35. The van der Waals surface area contributed by atoms with Gasteiger partial charge in [-0.2, -0.15) is 0 Å². The standard InChI is InChI=1S/C24H28N2O3/c1-15(2)18-8-10-20(11-9-18)25-22-21(19-7-6-16(3)17(4)14-19)23(27)26(24(22)28)12-13-29-5/h6-11,14-15,25H,12-13H2,1-5H3. The molecule has 0 unspecified atom stereocenters. The molecule has 0 atom stereocenters. The highest BCUT2D eigenvalue weighted by Crippen LogP contribution is 2.31. The molecule has 5 heteroatoms. The molecule has 0 fully saturated rings. The van der Waals surface area contributed by atoms with Crippen LogP contribution in [0.1, 0.15) is 42.0 Å². The number of hydrogen-bond acceptors (Lipinski definition) is 4. The van der Waals surface area contributed by atoms with Gasteiger partial charge in [0.05, 0.1) is 18.7 Å². The maximum atomic E-state index is 13.1. The van der Waals surface area contributed by atoms with E-state index in [-0.39, 0.29) is 18.4 Å². The summed E-state index contributed by atoms with van der Waals surface area (Å²) in [5, 5.41) is 3.20. The van der Waals surface area contributed by atoms with Gasteiger partial charge in [0.25, 0.3) is 11.8 Å². The number of imide groups is 1. The van der Waals surface area contributed by atoms with Gasteiger partial charge in [0.1, 0.15) is 5.70 Å². The van der Waals surface area contributed by atoms with Gasteiger partial charge in [-0.25, -0.2) is 0 Å². The molecule has 152 valence electrons. The van der Waals surface area contributed by atoms with Crippen LogP contribution in [0.5, 0.6) is 0 Å². The Morgan fingerprint density at radius 3 is 2.24 bits per heavy atom. The number of carbonyl (C=O) groups excluding carboxylic acids is 2. The summed E-state index contributed by atoms with van der Waals surface area (Å²) in [6.07, 6.45) is 0. The lowest BCUT2D eigenvalue weighted by molar-refractivity contribution is -0.137. The van der Waals surface area contributed by atoms with Crippen molar-refractivity contribution >= 4 is 23.1 Å². The number of benzene rings is 2. The van der Waals surface area contributed by atoms with E-state index in [9.17, 15) is 9.59 Å². The smallest absolute Gasteiger partial charge is 0.278 e. The van der Waals surface area contributed by atoms with Crippen LogP contribution < -0.4 is 5.32 Å². The zero-order valence-corrected chi connectivity index (χ0v) is 17.7. The molecule has 3 rings (SSSR count). The first-order valence-corrected chi connectivity index (χ1v) is 9.87. The van der Waals surface area contributed by atoms with Crippen LogP contribution >= 0.6 is 0 Å². The van der Waals surface area contributed by atoms with Crippen molar-refractivity contribution in [3.8, 4) is 0 Å². The van der Waals surface area contributed by atoms with Crippen LogP contribution in [0.3, 0.4) is 0 Å². The van der Waals surface area contributed by atoms with Crippen molar-refractivity contribution in [2.45, 2.75) is 33.6 Å². The van der Waals surface area contributed by atoms with Crippen molar-refractivity contribution in [1.29, 1.82) is 0 Å². The van der Waals surface area contributed by atoms with Gasteiger partial charge in [0.2, 0.25) is 0 Å². The minimum absolute atomic E-state index is 0.222. The van der Waals surface area contributed by atoms with E-state index in [2.05, 4.69) is 19.2 Å². The Hall–Kier alpha value is -2.92. The Kier molecular flexibility index (Phi) is 6.18. The zero-order chi connectivity index (χ0) is 21.1. The molecule has 29 heavy (non-hydrogen) atoms. The summed E-state index contributed by atoms with van der Waals surface area (Å²) in [4.78, 5) is 27.4. The van der Waals surface area contributed by atoms with Crippen LogP contribution in [0.15, 0.2) is 48.2 Å². The predicted molar refractivity (Wildman–Crippen MR) is 116 cm³/mol. The number of amides is 2. The van der Waals surface area contributed by atoms with Crippen molar-refractivity contribution in [1.82, 2.24) is 4.90 Å². The highest BCUT2D eigenvalue weighted by atomic mass is 16.5. The maximum Gasteiger partial charge on any atom is 0.278 e. The Morgan fingerprint density at radius 1 is 0.966 bits per heavy atom. The Bertz CT molecular complexity index is 959. The molecule has 0 aliphatic carbocycles. The first-order chi connectivity index (χ1) is 13.8. The second-order valence-corrected chi connectivity index (χ2v) is 7.71. The van der Waals surface area contributed by atoms with Crippen molar-refractivity contribution in [2.75, 3.05) is 25.6 Å². The second-order valence-electron chi connectivity index (χ2n) is 7.71. The van der Waals surface area contributed by atoms with Crippen molar-refractivity contribution in [3.05, 3.63) is 70.4 Å². The zero-order valence-electron chi connectivity index (χ0n) is 17.7. The lowest BCUT2D eigenvalue weighted by atomic mass is 9.99. The van der Waals surface area contributed by atoms with Crippen molar-refractivity contribution < 1.29 is 14.3 Å². The summed E-state index contributed by atoms with van der Waals surface area (Å²) < 4.78 is 5.08. The van der Waals surface area contributed by atoms with E-state index < -0.39 is 0 Å². The fourth-order valence-corrected chi connectivity index (χ4v) is 3.34. The summed E-state index contributed by atoms with van der Waals surface area (Å²) in [6, 6.07) is 13.8. The molecule has 1 N–H and O–H groups in total. The molecule has 2 aromatic carbocycles. The minimum Gasteiger partial charge on any atom is -0.383 e. The molecule has 2 amide bonds. The molecule has 0 spiro atoms. The monoisotopic (exact) mass is 392 g/mol. The number of carbonyl (C=O) groups is 2. The predicted octanol–water partition coefficient (Wildman–Crippen LogP) is 4.27. The van der Waals surface area contributed by atoms with Crippen LogP contribution in [0, 0.1) is 13.8 Å². The fraction of sp³-hybridized carbons (Fsp3) is 0.333. The molecule has 0 aromatic heterocycles. The van der Waals surface area contributed by atoms with Gasteiger partial charge in [0.15, 0.2) is 0 Å². The molecule has 5 nitrogen and oxygen atoms in total. The van der Waals surface area contributed by atoms with Crippen molar-refractivity contribution in [2.24, 2.45) is 0 Å². The number of methoxy groups -OCH3 is 1. The van der Waals surface area contributed by atoms with Gasteiger partial charge >= 0.3 is 0 Å². The third-order valence-corrected chi connectivity index (χ3v) is 5.33. The quantitative estimate of drug-likeness (QED) is 0.715. The summed E-state index contributed by atoms with van der Waals surface area (Å²) in [7, 11) is 1.55. The minimum atomic E-state index is -0.326. The van der Waals surface area contributed by atoms with Gasteiger partial charge in [-0.1, -0.05) is 44.2 Å². The van der Waals surface area contributed by atoms with Crippen LogP contribution in [-0.4, -0.2) is 37.0 Å². The van der Waals surface area contributed by atoms with E-state index in [0.29, 0.717) is 23.8 Å². The number of rotatable bonds is 7. The average molecular weight is 392 g/mol. The van der Waals surface area contributed by atoms with Gasteiger partial charge in [-0.05, 0) is 54.2 Å². The highest BCUT2D eigenvalue weighted by molar-refractivity contribution is 6.36. The molecule has 1 aliphatic heterocycles.